The van der Waals surface area contributed by atoms with Crippen LogP contribution in [0, 0.1) is 6.92 Å². The van der Waals surface area contributed by atoms with Gasteiger partial charge >= 0.3 is 5.97 Å². The van der Waals surface area contributed by atoms with Gasteiger partial charge in [-0.25, -0.2) is 4.79 Å². The summed E-state index contributed by atoms with van der Waals surface area (Å²) in [5.74, 6) is -1.25. The number of aromatic nitrogens is 2. The Morgan fingerprint density at radius 3 is 2.87 bits per heavy atom. The second-order valence-corrected chi connectivity index (χ2v) is 6.09. The van der Waals surface area contributed by atoms with Crippen molar-refractivity contribution in [3.63, 3.8) is 0 Å². The molecule has 2 rings (SSSR count). The standard InChI is InChI=1S/C16H22ClN3O3/c1-3-4-10-20-15(17)12(11(2)18-20)7-8-14(21)19-9-5-6-13(19)16(22)23/h7-8,13H,3-6,9-10H2,1-2H3,(H,22,23)/b8-7+. The van der Waals surface area contributed by atoms with E-state index in [2.05, 4.69) is 12.0 Å². The minimum absolute atomic E-state index is 0.299. The van der Waals surface area contributed by atoms with E-state index in [0.29, 0.717) is 30.1 Å². The number of hydrogen-bond acceptors (Lipinski definition) is 3. The molecule has 0 saturated carbocycles. The van der Waals surface area contributed by atoms with Gasteiger partial charge in [0.05, 0.1) is 5.69 Å². The molecule has 23 heavy (non-hydrogen) atoms. The van der Waals surface area contributed by atoms with Gasteiger partial charge in [0.2, 0.25) is 5.91 Å². The first-order valence-electron chi connectivity index (χ1n) is 7.90. The number of rotatable bonds is 6. The fourth-order valence-corrected chi connectivity index (χ4v) is 3.07. The Labute approximate surface area is 140 Å². The largest absolute Gasteiger partial charge is 0.480 e. The van der Waals surface area contributed by atoms with E-state index < -0.39 is 12.0 Å². The summed E-state index contributed by atoms with van der Waals surface area (Å²) in [7, 11) is 0. The second kappa shape index (κ2) is 7.64. The molecule has 126 valence electrons. The maximum absolute atomic E-state index is 12.2. The van der Waals surface area contributed by atoms with Crippen molar-refractivity contribution in [2.24, 2.45) is 0 Å². The number of carbonyl (C=O) groups is 2. The molecule has 6 nitrogen and oxygen atoms in total. The molecule has 0 bridgehead atoms. The fourth-order valence-electron chi connectivity index (χ4n) is 2.75. The molecular weight excluding hydrogens is 318 g/mol. The van der Waals surface area contributed by atoms with Crippen LogP contribution in [0.15, 0.2) is 6.08 Å². The molecule has 1 fully saturated rings. The average molecular weight is 340 g/mol. The van der Waals surface area contributed by atoms with E-state index in [4.69, 9.17) is 16.7 Å². The van der Waals surface area contributed by atoms with E-state index in [1.165, 1.54) is 11.0 Å². The van der Waals surface area contributed by atoms with Gasteiger partial charge in [0.1, 0.15) is 11.2 Å². The van der Waals surface area contributed by atoms with Gasteiger partial charge < -0.3 is 10.0 Å². The zero-order chi connectivity index (χ0) is 17.0. The van der Waals surface area contributed by atoms with Crippen LogP contribution in [0.25, 0.3) is 6.08 Å². The number of hydrogen-bond donors (Lipinski definition) is 1. The number of carbonyl (C=O) groups excluding carboxylic acids is 1. The number of carboxylic acid groups (broad SMARTS) is 1. The molecule has 1 unspecified atom stereocenters. The average Bonchev–Trinajstić information content (AvgIpc) is 3.09. The monoisotopic (exact) mass is 339 g/mol. The molecule has 1 saturated heterocycles. The predicted octanol–water partition coefficient (Wildman–Crippen LogP) is 2.73. The lowest BCUT2D eigenvalue weighted by Crippen LogP contribution is -2.39. The first-order chi connectivity index (χ1) is 11.0. The summed E-state index contributed by atoms with van der Waals surface area (Å²) in [5, 5.41) is 14.0. The molecule has 1 N–H and O–H groups in total. The lowest BCUT2D eigenvalue weighted by atomic mass is 10.2. The van der Waals surface area contributed by atoms with Crippen LogP contribution in [0.2, 0.25) is 5.15 Å². The van der Waals surface area contributed by atoms with Gasteiger partial charge in [0, 0.05) is 24.7 Å². The van der Waals surface area contributed by atoms with Gasteiger partial charge in [0.15, 0.2) is 0 Å². The molecule has 0 aliphatic carbocycles. The minimum atomic E-state index is -0.953. The third-order valence-corrected chi connectivity index (χ3v) is 4.45. The number of aliphatic carboxylic acids is 1. The number of aryl methyl sites for hydroxylation is 2. The zero-order valence-corrected chi connectivity index (χ0v) is 14.2. The summed E-state index contributed by atoms with van der Waals surface area (Å²) in [6, 6.07) is -0.726. The van der Waals surface area contributed by atoms with Crippen LogP contribution in [0.1, 0.15) is 43.9 Å². The maximum Gasteiger partial charge on any atom is 0.326 e. The summed E-state index contributed by atoms with van der Waals surface area (Å²) in [6.07, 6.45) is 6.27. The first-order valence-corrected chi connectivity index (χ1v) is 8.27. The Bertz CT molecular complexity index is 624. The Hall–Kier alpha value is -1.82. The van der Waals surface area contributed by atoms with Gasteiger partial charge in [-0.1, -0.05) is 24.9 Å². The summed E-state index contributed by atoms with van der Waals surface area (Å²) in [4.78, 5) is 24.8. The highest BCUT2D eigenvalue weighted by Crippen LogP contribution is 2.23. The lowest BCUT2D eigenvalue weighted by Gasteiger charge is -2.19. The van der Waals surface area contributed by atoms with Gasteiger partial charge in [-0.15, -0.1) is 0 Å². The SMILES string of the molecule is CCCCn1nc(C)c(/C=C/C(=O)N2CCCC2C(=O)O)c1Cl. The predicted molar refractivity (Wildman–Crippen MR) is 88.3 cm³/mol. The second-order valence-electron chi connectivity index (χ2n) is 5.73. The molecule has 1 atom stereocenters. The van der Waals surface area contributed by atoms with Crippen molar-refractivity contribution in [3.05, 3.63) is 22.5 Å². The van der Waals surface area contributed by atoms with E-state index in [0.717, 1.165) is 25.1 Å². The number of amides is 1. The molecule has 1 amide bonds. The number of unbranched alkanes of at least 4 members (excludes halogenated alkanes) is 1. The molecule has 1 aromatic rings. The molecular formula is C16H22ClN3O3. The smallest absolute Gasteiger partial charge is 0.326 e. The maximum atomic E-state index is 12.2. The minimum Gasteiger partial charge on any atom is -0.480 e. The first kappa shape index (κ1) is 17.5. The highest BCUT2D eigenvalue weighted by atomic mass is 35.5. The quantitative estimate of drug-likeness (QED) is 0.808. The van der Waals surface area contributed by atoms with Gasteiger partial charge in [-0.3, -0.25) is 9.48 Å². The molecule has 1 aromatic heterocycles. The van der Waals surface area contributed by atoms with E-state index in [9.17, 15) is 9.59 Å². The van der Waals surface area contributed by atoms with Crippen molar-refractivity contribution in [2.45, 2.75) is 52.1 Å². The van der Waals surface area contributed by atoms with Crippen LogP contribution in [-0.4, -0.2) is 44.3 Å². The van der Waals surface area contributed by atoms with Gasteiger partial charge in [-0.2, -0.15) is 5.10 Å². The molecule has 7 heteroatoms. The molecule has 0 radical (unpaired) electrons. The summed E-state index contributed by atoms with van der Waals surface area (Å²) in [5.41, 5.74) is 1.47. The topological polar surface area (TPSA) is 75.4 Å². The van der Waals surface area contributed by atoms with E-state index in [-0.39, 0.29) is 5.91 Å². The van der Waals surface area contributed by atoms with Crippen LogP contribution < -0.4 is 0 Å². The van der Waals surface area contributed by atoms with Crippen molar-refractivity contribution >= 4 is 29.6 Å². The van der Waals surface area contributed by atoms with Crippen LogP contribution in [0.5, 0.6) is 0 Å². The Kier molecular flexibility index (Phi) is 5.82. The molecule has 1 aliphatic heterocycles. The molecule has 1 aliphatic rings. The summed E-state index contributed by atoms with van der Waals surface area (Å²) < 4.78 is 1.74. The Morgan fingerprint density at radius 2 is 2.22 bits per heavy atom. The molecule has 0 aromatic carbocycles. The highest BCUT2D eigenvalue weighted by molar-refractivity contribution is 6.31. The summed E-state index contributed by atoms with van der Waals surface area (Å²) in [6.45, 7) is 5.15. The van der Waals surface area contributed by atoms with Crippen LogP contribution in [-0.2, 0) is 16.1 Å². The molecule has 2 heterocycles. The Balaban J connectivity index is 2.12. The van der Waals surface area contributed by atoms with Crippen molar-refractivity contribution in [1.82, 2.24) is 14.7 Å². The van der Waals surface area contributed by atoms with E-state index in [1.807, 2.05) is 6.92 Å². The van der Waals surface area contributed by atoms with Crippen molar-refractivity contribution in [1.29, 1.82) is 0 Å². The van der Waals surface area contributed by atoms with Crippen LogP contribution >= 0.6 is 11.6 Å². The van der Waals surface area contributed by atoms with E-state index in [1.54, 1.807) is 10.8 Å². The van der Waals surface area contributed by atoms with Crippen molar-refractivity contribution in [3.8, 4) is 0 Å². The fraction of sp³-hybridized carbons (Fsp3) is 0.562. The van der Waals surface area contributed by atoms with Crippen molar-refractivity contribution in [2.75, 3.05) is 6.54 Å². The number of halogens is 1. The number of likely N-dealkylation sites (tertiary alicyclic amines) is 1. The van der Waals surface area contributed by atoms with Crippen molar-refractivity contribution < 1.29 is 14.7 Å². The van der Waals surface area contributed by atoms with Gasteiger partial charge in [-0.05, 0) is 32.3 Å². The zero-order valence-electron chi connectivity index (χ0n) is 13.5. The highest BCUT2D eigenvalue weighted by Gasteiger charge is 2.32. The third-order valence-electron chi connectivity index (χ3n) is 4.05. The number of nitrogens with zero attached hydrogens (tertiary/aromatic N) is 3. The normalized spacial score (nSPS) is 18.0. The van der Waals surface area contributed by atoms with Gasteiger partial charge in [0.25, 0.3) is 0 Å². The Morgan fingerprint density at radius 1 is 1.48 bits per heavy atom. The molecule has 0 spiro atoms. The van der Waals surface area contributed by atoms with Crippen LogP contribution in [0.4, 0.5) is 0 Å². The van der Waals surface area contributed by atoms with Crippen LogP contribution in [0.3, 0.4) is 0 Å². The lowest BCUT2D eigenvalue weighted by molar-refractivity contribution is -0.146. The number of carboxylic acids is 1. The third kappa shape index (κ3) is 3.93. The summed E-state index contributed by atoms with van der Waals surface area (Å²) >= 11 is 6.32. The van der Waals surface area contributed by atoms with E-state index >= 15 is 0 Å².